The van der Waals surface area contributed by atoms with E-state index in [9.17, 15) is 9.59 Å². The van der Waals surface area contributed by atoms with Crippen LogP contribution in [-0.4, -0.2) is 48.1 Å². The van der Waals surface area contributed by atoms with Gasteiger partial charge in [0, 0.05) is 42.5 Å². The molecule has 1 saturated heterocycles. The maximum Gasteiger partial charge on any atom is 0.253 e. The van der Waals surface area contributed by atoms with E-state index in [4.69, 9.17) is 14.5 Å². The largest absolute Gasteiger partial charge is 0.454 e. The zero-order valence-electron chi connectivity index (χ0n) is 20.5. The number of likely N-dealkylation sites (tertiary alicyclic amines) is 1. The van der Waals surface area contributed by atoms with Gasteiger partial charge in [0.25, 0.3) is 5.91 Å². The van der Waals surface area contributed by atoms with Gasteiger partial charge in [-0.2, -0.15) is 0 Å². The monoisotopic (exact) mass is 505 g/mol. The maximum atomic E-state index is 13.0. The first-order valence-electron chi connectivity index (χ1n) is 12.5. The number of carbonyl (C=O) groups excluding carboxylic acids is 2. The van der Waals surface area contributed by atoms with Crippen LogP contribution in [0, 0.1) is 6.92 Å². The van der Waals surface area contributed by atoms with Crippen LogP contribution in [0.4, 0.5) is 0 Å². The molecule has 0 atom stereocenters. The average molecular weight is 506 g/mol. The van der Waals surface area contributed by atoms with Crippen molar-refractivity contribution in [2.75, 3.05) is 26.4 Å². The molecular weight excluding hydrogens is 474 g/mol. The third-order valence-corrected chi connectivity index (χ3v) is 7.78. The third-order valence-electron chi connectivity index (χ3n) is 6.84. The van der Waals surface area contributed by atoms with Crippen molar-refractivity contribution in [1.82, 2.24) is 15.2 Å². The second-order valence-electron chi connectivity index (χ2n) is 9.31. The predicted molar refractivity (Wildman–Crippen MR) is 139 cm³/mol. The molecule has 8 heteroatoms. The van der Waals surface area contributed by atoms with Gasteiger partial charge in [0.2, 0.25) is 12.7 Å². The van der Waals surface area contributed by atoms with Gasteiger partial charge in [-0.3, -0.25) is 14.6 Å². The molecule has 2 aliphatic rings. The number of aryl methyl sites for hydroxylation is 2. The number of carbonyl (C=O) groups is 2. The normalized spacial score (nSPS) is 15.2. The number of piperidine rings is 1. The van der Waals surface area contributed by atoms with Crippen molar-refractivity contribution in [2.45, 2.75) is 44.9 Å². The minimum atomic E-state index is -0.0729. The van der Waals surface area contributed by atoms with Gasteiger partial charge in [-0.1, -0.05) is 12.1 Å². The van der Waals surface area contributed by atoms with Gasteiger partial charge in [-0.25, -0.2) is 0 Å². The Kier molecular flexibility index (Phi) is 7.51. The Hall–Kier alpha value is -3.39. The second-order valence-corrected chi connectivity index (χ2v) is 10.3. The molecule has 0 saturated carbocycles. The van der Waals surface area contributed by atoms with E-state index in [1.54, 1.807) is 11.3 Å². The highest BCUT2D eigenvalue weighted by Crippen LogP contribution is 2.33. The van der Waals surface area contributed by atoms with Gasteiger partial charge in [0.15, 0.2) is 11.5 Å². The Labute approximate surface area is 215 Å². The van der Waals surface area contributed by atoms with Crippen LogP contribution < -0.4 is 14.8 Å². The molecule has 0 spiro atoms. The SMILES string of the molecule is Cc1ccc(C(=O)NCCc2cccs2)c(C2CCN(C(=O)CCc3ccc4c(c3)OCO4)CC2)n1. The zero-order valence-corrected chi connectivity index (χ0v) is 21.3. The fourth-order valence-electron chi connectivity index (χ4n) is 4.84. The van der Waals surface area contributed by atoms with Crippen molar-refractivity contribution < 1.29 is 19.1 Å². The smallest absolute Gasteiger partial charge is 0.253 e. The van der Waals surface area contributed by atoms with Crippen molar-refractivity contribution in [1.29, 1.82) is 0 Å². The number of nitrogens with zero attached hydrogens (tertiary/aromatic N) is 2. The third kappa shape index (κ3) is 5.70. The van der Waals surface area contributed by atoms with E-state index in [-0.39, 0.29) is 24.5 Å². The quantitative estimate of drug-likeness (QED) is 0.488. The molecule has 0 unspecified atom stereocenters. The summed E-state index contributed by atoms with van der Waals surface area (Å²) in [6.07, 6.45) is 3.57. The Bertz CT molecular complexity index is 1220. The van der Waals surface area contributed by atoms with Crippen LogP contribution in [0.5, 0.6) is 11.5 Å². The van der Waals surface area contributed by atoms with Crippen molar-refractivity contribution in [3.63, 3.8) is 0 Å². The molecule has 1 fully saturated rings. The molecule has 3 aromatic rings. The Morgan fingerprint density at radius 3 is 2.72 bits per heavy atom. The molecule has 1 N–H and O–H groups in total. The Morgan fingerprint density at radius 2 is 1.92 bits per heavy atom. The van der Waals surface area contributed by atoms with Crippen molar-refractivity contribution in [3.05, 3.63) is 75.2 Å². The van der Waals surface area contributed by atoms with Crippen LogP contribution in [0.3, 0.4) is 0 Å². The number of thiophene rings is 1. The standard InChI is InChI=1S/C28H31N3O4S/c1-19-4-7-23(28(33)29-13-10-22-3-2-16-36-22)27(30-19)21-11-14-31(15-12-21)26(32)9-6-20-5-8-24-25(17-20)35-18-34-24/h2-5,7-8,16-17,21H,6,9-15,18H2,1H3,(H,29,33). The Morgan fingerprint density at radius 1 is 1.08 bits per heavy atom. The molecule has 7 nitrogen and oxygen atoms in total. The summed E-state index contributed by atoms with van der Waals surface area (Å²) in [6.45, 7) is 4.17. The van der Waals surface area contributed by atoms with Gasteiger partial charge < -0.3 is 19.7 Å². The molecule has 2 aliphatic heterocycles. The van der Waals surface area contributed by atoms with Crippen LogP contribution in [0.25, 0.3) is 0 Å². The van der Waals surface area contributed by atoms with Gasteiger partial charge >= 0.3 is 0 Å². The van der Waals surface area contributed by atoms with Crippen molar-refractivity contribution in [3.8, 4) is 11.5 Å². The van der Waals surface area contributed by atoms with Crippen LogP contribution in [0.15, 0.2) is 47.8 Å². The molecule has 36 heavy (non-hydrogen) atoms. The summed E-state index contributed by atoms with van der Waals surface area (Å²) in [5, 5.41) is 5.11. The Balaban J connectivity index is 1.15. The van der Waals surface area contributed by atoms with Gasteiger partial charge in [-0.15, -0.1) is 11.3 Å². The van der Waals surface area contributed by atoms with Crippen LogP contribution in [0.1, 0.15) is 57.4 Å². The number of hydrogen-bond acceptors (Lipinski definition) is 6. The van der Waals surface area contributed by atoms with E-state index < -0.39 is 0 Å². The van der Waals surface area contributed by atoms with E-state index in [2.05, 4.69) is 11.4 Å². The highest BCUT2D eigenvalue weighted by molar-refractivity contribution is 7.09. The number of nitrogens with one attached hydrogen (secondary N) is 1. The highest BCUT2D eigenvalue weighted by Gasteiger charge is 2.28. The summed E-state index contributed by atoms with van der Waals surface area (Å²) in [5.74, 6) is 1.76. The second kappa shape index (κ2) is 11.1. The van der Waals surface area contributed by atoms with E-state index in [0.29, 0.717) is 38.0 Å². The van der Waals surface area contributed by atoms with Gasteiger partial charge in [0.05, 0.1) is 11.3 Å². The number of benzene rings is 1. The maximum absolute atomic E-state index is 13.0. The lowest BCUT2D eigenvalue weighted by atomic mass is 9.89. The first kappa shape index (κ1) is 24.3. The summed E-state index contributed by atoms with van der Waals surface area (Å²) in [5.41, 5.74) is 3.49. The van der Waals surface area contributed by atoms with Crippen molar-refractivity contribution in [2.24, 2.45) is 0 Å². The summed E-state index contributed by atoms with van der Waals surface area (Å²) >= 11 is 1.70. The zero-order chi connectivity index (χ0) is 24.9. The minimum absolute atomic E-state index is 0.0729. The molecular formula is C28H31N3O4S. The number of ether oxygens (including phenoxy) is 2. The van der Waals surface area contributed by atoms with Crippen LogP contribution in [-0.2, 0) is 17.6 Å². The molecule has 1 aromatic carbocycles. The lowest BCUT2D eigenvalue weighted by Gasteiger charge is -2.32. The number of pyridine rings is 1. The summed E-state index contributed by atoms with van der Waals surface area (Å²) in [7, 11) is 0. The molecule has 0 radical (unpaired) electrons. The molecule has 5 rings (SSSR count). The number of aromatic nitrogens is 1. The highest BCUT2D eigenvalue weighted by atomic mass is 32.1. The lowest BCUT2D eigenvalue weighted by molar-refractivity contribution is -0.132. The molecule has 188 valence electrons. The summed E-state index contributed by atoms with van der Waals surface area (Å²) in [4.78, 5) is 33.8. The first-order chi connectivity index (χ1) is 17.6. The van der Waals surface area contributed by atoms with Gasteiger partial charge in [0.1, 0.15) is 0 Å². The molecule has 0 aliphatic carbocycles. The average Bonchev–Trinajstić information content (AvgIpc) is 3.59. The van der Waals surface area contributed by atoms with E-state index in [1.807, 2.05) is 53.6 Å². The number of fused-ring (bicyclic) bond motifs is 1. The van der Waals surface area contributed by atoms with E-state index in [0.717, 1.165) is 47.7 Å². The summed E-state index contributed by atoms with van der Waals surface area (Å²) in [6, 6.07) is 13.7. The number of amides is 2. The fraction of sp³-hybridized carbons (Fsp3) is 0.393. The molecule has 2 aromatic heterocycles. The number of hydrogen-bond donors (Lipinski definition) is 1. The van der Waals surface area contributed by atoms with E-state index >= 15 is 0 Å². The van der Waals surface area contributed by atoms with E-state index in [1.165, 1.54) is 4.88 Å². The lowest BCUT2D eigenvalue weighted by Crippen LogP contribution is -2.38. The minimum Gasteiger partial charge on any atom is -0.454 e. The van der Waals surface area contributed by atoms with Crippen LogP contribution in [0.2, 0.25) is 0 Å². The summed E-state index contributed by atoms with van der Waals surface area (Å²) < 4.78 is 10.8. The molecule has 0 bridgehead atoms. The van der Waals surface area contributed by atoms with Crippen molar-refractivity contribution >= 4 is 23.2 Å². The molecule has 2 amide bonds. The topological polar surface area (TPSA) is 80.8 Å². The van der Waals surface area contributed by atoms with Gasteiger partial charge in [-0.05, 0) is 73.9 Å². The first-order valence-corrected chi connectivity index (χ1v) is 13.4. The molecule has 4 heterocycles. The van der Waals surface area contributed by atoms with Crippen LogP contribution >= 0.6 is 11.3 Å². The number of rotatable bonds is 8. The predicted octanol–water partition coefficient (Wildman–Crippen LogP) is 4.49. The fourth-order valence-corrected chi connectivity index (χ4v) is 5.55.